The number of carbonyl (C=O) groups is 4. The molecule has 24 heteroatoms. The quantitative estimate of drug-likeness (QED) is 0.0222. The second kappa shape index (κ2) is 27.2. The maximum Gasteiger partial charge on any atom is 0.410 e. The van der Waals surface area contributed by atoms with Gasteiger partial charge in [0.15, 0.2) is 11.6 Å². The molecule has 5 aromatic rings. The number of hydrogen-bond donors (Lipinski definition) is 1. The monoisotopic (exact) mass is 1080 g/mol. The number of ether oxygens (including phenoxy) is 6. The lowest BCUT2D eigenvalue weighted by Gasteiger charge is -2.40. The first-order valence-electron chi connectivity index (χ1n) is 25.7. The van der Waals surface area contributed by atoms with Crippen molar-refractivity contribution in [2.24, 2.45) is 0 Å². The largest absolute Gasteiger partial charge is 0.446 e. The van der Waals surface area contributed by atoms with Gasteiger partial charge in [-0.25, -0.2) is 27.6 Å². The Morgan fingerprint density at radius 2 is 1.54 bits per heavy atom. The SMILES string of the molecule is O=C(CCCCc1cn(CCOCCOCCOCCOCCC(=O)Oc2c(F)cc(F)cc2F)nn1)N[C@H]1C[C@H](OC(=O)N2CCC3(CC2)C(=O)N(Cc2nc4cc(Cl)ccc4n2CCCCF)c2cnccc23)C1. The third kappa shape index (κ3) is 14.6. The normalized spacial score (nSPS) is 16.8. The minimum absolute atomic E-state index is 0.0519. The van der Waals surface area contributed by atoms with Crippen LogP contribution in [-0.2, 0) is 69.5 Å². The molecule has 3 amide bonds. The number of fused-ring (bicyclic) bond motifs is 3. The molecular weight excluding hydrogens is 1020 g/mol. The highest BCUT2D eigenvalue weighted by molar-refractivity contribution is 6.31. The molecule has 1 aliphatic carbocycles. The lowest BCUT2D eigenvalue weighted by atomic mass is 9.74. The van der Waals surface area contributed by atoms with E-state index in [4.69, 9.17) is 40.3 Å². The third-order valence-corrected chi connectivity index (χ3v) is 13.8. The van der Waals surface area contributed by atoms with Crippen LogP contribution in [0.15, 0.2) is 55.0 Å². The van der Waals surface area contributed by atoms with Gasteiger partial charge in [-0.3, -0.25) is 23.8 Å². The highest BCUT2D eigenvalue weighted by Crippen LogP contribution is 2.48. The summed E-state index contributed by atoms with van der Waals surface area (Å²) < 4.78 is 89.2. The molecule has 8 rings (SSSR count). The number of likely N-dealkylation sites (tertiary alicyclic amines) is 1. The van der Waals surface area contributed by atoms with Crippen LogP contribution in [-0.4, -0.2) is 143 Å². The topological polar surface area (TPSA) is 204 Å². The zero-order valence-electron chi connectivity index (χ0n) is 42.1. The summed E-state index contributed by atoms with van der Waals surface area (Å²) in [5.74, 6) is -5.08. The minimum atomic E-state index is -1.31. The number of carbonyl (C=O) groups excluding carboxylic acids is 4. The predicted molar refractivity (Wildman–Crippen MR) is 267 cm³/mol. The van der Waals surface area contributed by atoms with Gasteiger partial charge < -0.3 is 48.1 Å². The van der Waals surface area contributed by atoms with Crippen molar-refractivity contribution in [1.29, 1.82) is 0 Å². The van der Waals surface area contributed by atoms with Gasteiger partial charge in [-0.2, -0.15) is 0 Å². The van der Waals surface area contributed by atoms with Gasteiger partial charge in [-0.05, 0) is 74.8 Å². The molecule has 3 aliphatic rings. The standard InChI is InChI=1S/C52H62ClF4N9O10/c53-35-7-8-44-43(27-35)60-46(65(44)15-4-3-13-54)34-66-45-32-58-14-9-40(45)52(50(66)69)11-16-63(17-12-52)51(70)75-39-30-38(31-39)59-47(67)6-2-1-5-37-33-64(62-61-37)18-20-72-22-24-74-26-25-73-23-21-71-19-10-48(68)76-49-41(56)28-36(55)29-42(49)57/h7-9,14,27-29,32-33,38-39H,1-6,10-13,15-26,30-31,34H2,(H,59,67)/t38-,39-. The predicted octanol–water partition coefficient (Wildman–Crippen LogP) is 6.98. The Hall–Kier alpha value is -6.27. The van der Waals surface area contributed by atoms with Gasteiger partial charge in [0.25, 0.3) is 0 Å². The first kappa shape index (κ1) is 55.9. The van der Waals surface area contributed by atoms with E-state index in [1.807, 2.05) is 22.9 Å². The molecule has 0 unspecified atom stereocenters. The van der Waals surface area contributed by atoms with Crippen LogP contribution in [0.3, 0.4) is 0 Å². The molecule has 5 heterocycles. The van der Waals surface area contributed by atoms with Crippen LogP contribution < -0.4 is 15.0 Å². The molecule has 1 saturated heterocycles. The average Bonchev–Trinajstić information content (AvgIpc) is 4.11. The van der Waals surface area contributed by atoms with E-state index in [0.29, 0.717) is 145 Å². The van der Waals surface area contributed by atoms with Crippen molar-refractivity contribution in [3.8, 4) is 5.75 Å². The molecule has 0 atom stereocenters. The Balaban J connectivity index is 0.634. The molecule has 0 bridgehead atoms. The van der Waals surface area contributed by atoms with E-state index < -0.39 is 47.4 Å². The summed E-state index contributed by atoms with van der Waals surface area (Å²) in [5, 5.41) is 12.0. The fourth-order valence-corrected chi connectivity index (χ4v) is 9.71. The van der Waals surface area contributed by atoms with Crippen LogP contribution in [0.1, 0.15) is 81.3 Å². The molecular formula is C52H62ClF4N9O10. The summed E-state index contributed by atoms with van der Waals surface area (Å²) >= 11 is 6.29. The van der Waals surface area contributed by atoms with E-state index in [1.54, 1.807) is 39.0 Å². The van der Waals surface area contributed by atoms with Crippen LogP contribution >= 0.6 is 11.6 Å². The summed E-state index contributed by atoms with van der Waals surface area (Å²) in [6.07, 6.45) is 9.68. The van der Waals surface area contributed by atoms with Crippen molar-refractivity contribution in [3.63, 3.8) is 0 Å². The van der Waals surface area contributed by atoms with Crippen molar-refractivity contribution >= 4 is 52.2 Å². The van der Waals surface area contributed by atoms with E-state index in [2.05, 4.69) is 25.3 Å². The number of amides is 3. The Morgan fingerprint density at radius 3 is 2.26 bits per heavy atom. The number of hydrogen-bond acceptors (Lipinski definition) is 14. The van der Waals surface area contributed by atoms with Crippen molar-refractivity contribution in [3.05, 3.63) is 94.5 Å². The highest BCUT2D eigenvalue weighted by Gasteiger charge is 2.53. The maximum absolute atomic E-state index is 14.5. The van der Waals surface area contributed by atoms with Crippen molar-refractivity contribution in [2.45, 2.75) is 108 Å². The zero-order chi connectivity index (χ0) is 53.4. The summed E-state index contributed by atoms with van der Waals surface area (Å²) in [6, 6.07) is 8.14. The molecule has 76 heavy (non-hydrogen) atoms. The van der Waals surface area contributed by atoms with E-state index in [0.717, 1.165) is 28.9 Å². The number of anilines is 1. The van der Waals surface area contributed by atoms with Crippen LogP contribution in [0.5, 0.6) is 5.75 Å². The molecule has 1 spiro atoms. The van der Waals surface area contributed by atoms with Gasteiger partial charge >= 0.3 is 12.1 Å². The van der Waals surface area contributed by atoms with Crippen LogP contribution in [0, 0.1) is 17.5 Å². The Labute approximate surface area is 441 Å². The average molecular weight is 1080 g/mol. The number of alkyl halides is 1. The second-order valence-electron chi connectivity index (χ2n) is 18.9. The van der Waals surface area contributed by atoms with Crippen molar-refractivity contribution in [1.82, 2.24) is 39.7 Å². The number of benzene rings is 2. The summed E-state index contributed by atoms with van der Waals surface area (Å²) in [5.41, 5.74) is 3.16. The summed E-state index contributed by atoms with van der Waals surface area (Å²) in [4.78, 5) is 65.0. The van der Waals surface area contributed by atoms with E-state index in [-0.39, 0.29) is 56.7 Å². The minimum Gasteiger partial charge on any atom is -0.446 e. The number of halogens is 5. The lowest BCUT2D eigenvalue weighted by molar-refractivity contribution is -0.136. The number of rotatable bonds is 29. The fraction of sp³-hybridized carbons (Fsp3) is 0.538. The number of piperidine rings is 1. The van der Waals surface area contributed by atoms with Crippen LogP contribution in [0.4, 0.5) is 28.0 Å². The van der Waals surface area contributed by atoms with Crippen LogP contribution in [0.25, 0.3) is 11.0 Å². The molecule has 19 nitrogen and oxygen atoms in total. The zero-order valence-corrected chi connectivity index (χ0v) is 42.8. The molecule has 1 saturated carbocycles. The Morgan fingerprint density at radius 1 is 0.829 bits per heavy atom. The summed E-state index contributed by atoms with van der Waals surface area (Å²) in [7, 11) is 0. The number of imidazole rings is 1. The van der Waals surface area contributed by atoms with Gasteiger partial charge in [0.1, 0.15) is 17.7 Å². The molecule has 3 aromatic heterocycles. The first-order chi connectivity index (χ1) is 36.9. The summed E-state index contributed by atoms with van der Waals surface area (Å²) in [6.45, 7) is 3.67. The van der Waals surface area contributed by atoms with Crippen LogP contribution in [0.2, 0.25) is 5.02 Å². The number of unbranched alkanes of at least 4 members (excludes halogenated alkanes) is 2. The number of nitrogens with zero attached hydrogens (tertiary/aromatic N) is 8. The number of nitrogens with one attached hydrogen (secondary N) is 1. The first-order valence-corrected chi connectivity index (χ1v) is 26.1. The maximum atomic E-state index is 14.5. The third-order valence-electron chi connectivity index (χ3n) is 13.6. The van der Waals surface area contributed by atoms with E-state index in [1.165, 1.54) is 0 Å². The molecule has 1 N–H and O–H groups in total. The molecule has 2 aliphatic heterocycles. The number of aromatic nitrogens is 6. The van der Waals surface area contributed by atoms with Crippen molar-refractivity contribution in [2.75, 3.05) is 77.5 Å². The van der Waals surface area contributed by atoms with Gasteiger partial charge in [0.2, 0.25) is 17.6 Å². The molecule has 2 aromatic carbocycles. The molecule has 410 valence electrons. The molecule has 2 fully saturated rings. The van der Waals surface area contributed by atoms with E-state index in [9.17, 15) is 36.7 Å². The van der Waals surface area contributed by atoms with Crippen molar-refractivity contribution < 1.29 is 65.2 Å². The Bertz CT molecular complexity index is 2750. The number of esters is 1. The highest BCUT2D eigenvalue weighted by atomic mass is 35.5. The Kier molecular flexibility index (Phi) is 20.0. The van der Waals surface area contributed by atoms with Gasteiger partial charge in [0.05, 0.1) is 113 Å². The molecule has 0 radical (unpaired) electrons. The lowest BCUT2D eigenvalue weighted by Crippen LogP contribution is -2.52. The van der Waals surface area contributed by atoms with Gasteiger partial charge in [-0.1, -0.05) is 16.8 Å². The van der Waals surface area contributed by atoms with Gasteiger partial charge in [-0.15, -0.1) is 5.10 Å². The van der Waals surface area contributed by atoms with Gasteiger partial charge in [0, 0.05) is 74.5 Å². The fourth-order valence-electron chi connectivity index (χ4n) is 9.55. The smallest absolute Gasteiger partial charge is 0.410 e. The van der Waals surface area contributed by atoms with E-state index >= 15 is 0 Å². The second-order valence-corrected chi connectivity index (χ2v) is 19.3. The number of aryl methyl sites for hydroxylation is 2. The number of pyridine rings is 1.